The van der Waals surface area contributed by atoms with Crippen LogP contribution in [0.5, 0.6) is 5.75 Å². The minimum atomic E-state index is 0.0225. The first-order valence-electron chi connectivity index (χ1n) is 5.32. The Morgan fingerprint density at radius 3 is 2.65 bits per heavy atom. The summed E-state index contributed by atoms with van der Waals surface area (Å²) < 4.78 is 15.7. The molecule has 0 aliphatic rings. The van der Waals surface area contributed by atoms with Crippen LogP contribution < -0.4 is 4.74 Å². The van der Waals surface area contributed by atoms with E-state index in [1.165, 1.54) is 6.39 Å². The number of nitrogens with zero attached hydrogens (tertiary/aromatic N) is 2. The molecule has 2 aromatic rings. The van der Waals surface area contributed by atoms with E-state index in [-0.39, 0.29) is 6.10 Å². The van der Waals surface area contributed by atoms with Crippen LogP contribution in [0.15, 0.2) is 35.1 Å². The molecule has 0 saturated carbocycles. The van der Waals surface area contributed by atoms with Crippen molar-refractivity contribution in [2.24, 2.45) is 0 Å². The largest absolute Gasteiger partial charge is 0.488 e. The van der Waals surface area contributed by atoms with E-state index in [1.807, 2.05) is 31.2 Å². The molecule has 0 aliphatic heterocycles. The van der Waals surface area contributed by atoms with Gasteiger partial charge in [-0.25, -0.2) is 0 Å². The Kier molecular flexibility index (Phi) is 3.72. The van der Waals surface area contributed by atoms with Crippen molar-refractivity contribution in [1.82, 2.24) is 10.2 Å². The van der Waals surface area contributed by atoms with Gasteiger partial charge in [-0.3, -0.25) is 0 Å². The monoisotopic (exact) mass is 234 g/mol. The van der Waals surface area contributed by atoms with Gasteiger partial charge in [0, 0.05) is 12.7 Å². The normalized spacial score (nSPS) is 12.4. The second-order valence-electron chi connectivity index (χ2n) is 3.65. The summed E-state index contributed by atoms with van der Waals surface area (Å²) in [5, 5.41) is 7.46. The summed E-state index contributed by atoms with van der Waals surface area (Å²) in [4.78, 5) is 0. The third kappa shape index (κ3) is 3.04. The first-order chi connectivity index (χ1) is 8.29. The Morgan fingerprint density at radius 1 is 1.29 bits per heavy atom. The van der Waals surface area contributed by atoms with E-state index in [4.69, 9.17) is 13.9 Å². The van der Waals surface area contributed by atoms with Crippen molar-refractivity contribution in [3.63, 3.8) is 0 Å². The molecule has 5 nitrogen and oxygen atoms in total. The average Bonchev–Trinajstić information content (AvgIpc) is 2.84. The van der Waals surface area contributed by atoms with E-state index in [9.17, 15) is 0 Å². The fraction of sp³-hybridized carbons (Fsp3) is 0.333. The summed E-state index contributed by atoms with van der Waals surface area (Å²) in [6, 6.07) is 7.49. The molecule has 1 atom stereocenters. The number of hydrogen-bond donors (Lipinski definition) is 0. The number of methoxy groups -OCH3 is 1. The summed E-state index contributed by atoms with van der Waals surface area (Å²) in [5.41, 5.74) is 0.870. The van der Waals surface area contributed by atoms with Gasteiger partial charge in [-0.15, -0.1) is 10.2 Å². The molecule has 0 radical (unpaired) electrons. The highest BCUT2D eigenvalue weighted by Crippen LogP contribution is 2.20. The minimum Gasteiger partial charge on any atom is -0.488 e. The second-order valence-corrected chi connectivity index (χ2v) is 3.65. The Hall–Kier alpha value is -1.88. The number of rotatable bonds is 5. The van der Waals surface area contributed by atoms with Crippen molar-refractivity contribution >= 4 is 0 Å². The van der Waals surface area contributed by atoms with Crippen LogP contribution in [-0.4, -0.2) is 30.0 Å². The fourth-order valence-electron chi connectivity index (χ4n) is 1.48. The first-order valence-corrected chi connectivity index (χ1v) is 5.32. The summed E-state index contributed by atoms with van der Waals surface area (Å²) in [6.45, 7) is 2.51. The van der Waals surface area contributed by atoms with Crippen molar-refractivity contribution in [2.45, 2.75) is 13.0 Å². The maximum absolute atomic E-state index is 5.64. The number of hydrogen-bond acceptors (Lipinski definition) is 5. The lowest BCUT2D eigenvalue weighted by atomic mass is 10.2. The zero-order chi connectivity index (χ0) is 12.1. The van der Waals surface area contributed by atoms with Crippen molar-refractivity contribution in [3.8, 4) is 17.2 Å². The molecule has 0 bridgehead atoms. The molecule has 0 fully saturated rings. The van der Waals surface area contributed by atoms with Crippen LogP contribution in [0.25, 0.3) is 11.5 Å². The zero-order valence-electron chi connectivity index (χ0n) is 9.79. The highest BCUT2D eigenvalue weighted by molar-refractivity contribution is 5.53. The topological polar surface area (TPSA) is 57.4 Å². The van der Waals surface area contributed by atoms with Gasteiger partial charge in [-0.2, -0.15) is 0 Å². The van der Waals surface area contributed by atoms with Crippen LogP contribution >= 0.6 is 0 Å². The molecular weight excluding hydrogens is 220 g/mol. The van der Waals surface area contributed by atoms with E-state index in [1.54, 1.807) is 7.11 Å². The molecule has 5 heteroatoms. The SMILES string of the molecule is COC[C@H](C)Oc1ccc(-c2nnco2)cc1. The molecule has 0 N–H and O–H groups in total. The van der Waals surface area contributed by atoms with Gasteiger partial charge >= 0.3 is 0 Å². The van der Waals surface area contributed by atoms with Crippen LogP contribution in [0.4, 0.5) is 0 Å². The molecule has 0 aliphatic carbocycles. The predicted molar refractivity (Wildman–Crippen MR) is 61.7 cm³/mol. The summed E-state index contributed by atoms with van der Waals surface area (Å²) in [7, 11) is 1.65. The third-order valence-electron chi connectivity index (χ3n) is 2.20. The molecule has 1 aromatic carbocycles. The molecular formula is C12H14N2O3. The lowest BCUT2D eigenvalue weighted by Gasteiger charge is -2.13. The van der Waals surface area contributed by atoms with Gasteiger partial charge < -0.3 is 13.9 Å². The summed E-state index contributed by atoms with van der Waals surface area (Å²) in [6.07, 6.45) is 1.33. The Morgan fingerprint density at radius 2 is 2.06 bits per heavy atom. The Balaban J connectivity index is 2.03. The number of ether oxygens (including phenoxy) is 2. The lowest BCUT2D eigenvalue weighted by Crippen LogP contribution is -2.17. The quantitative estimate of drug-likeness (QED) is 0.793. The molecule has 0 spiro atoms. The number of aromatic nitrogens is 2. The highest BCUT2D eigenvalue weighted by atomic mass is 16.5. The molecule has 0 amide bonds. The molecule has 90 valence electrons. The van der Waals surface area contributed by atoms with Gasteiger partial charge in [0.1, 0.15) is 11.9 Å². The molecule has 0 unspecified atom stereocenters. The molecule has 17 heavy (non-hydrogen) atoms. The van der Waals surface area contributed by atoms with Gasteiger partial charge in [0.05, 0.1) is 6.61 Å². The van der Waals surface area contributed by atoms with E-state index in [2.05, 4.69) is 10.2 Å². The van der Waals surface area contributed by atoms with E-state index in [0.29, 0.717) is 12.5 Å². The fourth-order valence-corrected chi connectivity index (χ4v) is 1.48. The van der Waals surface area contributed by atoms with Crippen LogP contribution in [0.3, 0.4) is 0 Å². The Labute approximate surface area is 99.4 Å². The van der Waals surface area contributed by atoms with Gasteiger partial charge in [-0.05, 0) is 31.2 Å². The molecule has 2 rings (SSSR count). The third-order valence-corrected chi connectivity index (χ3v) is 2.20. The van der Waals surface area contributed by atoms with Gasteiger partial charge in [-0.1, -0.05) is 0 Å². The summed E-state index contributed by atoms with van der Waals surface area (Å²) in [5.74, 6) is 1.29. The van der Waals surface area contributed by atoms with Crippen LogP contribution in [0.2, 0.25) is 0 Å². The molecule has 1 heterocycles. The van der Waals surface area contributed by atoms with Crippen molar-refractivity contribution in [2.75, 3.05) is 13.7 Å². The van der Waals surface area contributed by atoms with Crippen LogP contribution in [-0.2, 0) is 4.74 Å². The van der Waals surface area contributed by atoms with Crippen molar-refractivity contribution in [3.05, 3.63) is 30.7 Å². The maximum Gasteiger partial charge on any atom is 0.247 e. The van der Waals surface area contributed by atoms with Gasteiger partial charge in [0.15, 0.2) is 0 Å². The van der Waals surface area contributed by atoms with Crippen LogP contribution in [0.1, 0.15) is 6.92 Å². The Bertz CT molecular complexity index is 439. The van der Waals surface area contributed by atoms with Gasteiger partial charge in [0.25, 0.3) is 0 Å². The van der Waals surface area contributed by atoms with Gasteiger partial charge in [0.2, 0.25) is 12.3 Å². The average molecular weight is 234 g/mol. The smallest absolute Gasteiger partial charge is 0.247 e. The maximum atomic E-state index is 5.64. The van der Waals surface area contributed by atoms with Crippen molar-refractivity contribution in [1.29, 1.82) is 0 Å². The molecule has 1 aromatic heterocycles. The van der Waals surface area contributed by atoms with Crippen molar-refractivity contribution < 1.29 is 13.9 Å². The number of benzene rings is 1. The zero-order valence-corrected chi connectivity index (χ0v) is 9.79. The molecule has 0 saturated heterocycles. The predicted octanol–water partition coefficient (Wildman–Crippen LogP) is 2.15. The second kappa shape index (κ2) is 5.45. The standard InChI is InChI=1S/C12H14N2O3/c1-9(7-15-2)17-11-5-3-10(4-6-11)12-14-13-8-16-12/h3-6,8-9H,7H2,1-2H3/t9-/m0/s1. The summed E-state index contributed by atoms with van der Waals surface area (Å²) >= 11 is 0. The minimum absolute atomic E-state index is 0.0225. The van der Waals surface area contributed by atoms with E-state index >= 15 is 0 Å². The van der Waals surface area contributed by atoms with E-state index < -0.39 is 0 Å². The lowest BCUT2D eigenvalue weighted by molar-refractivity contribution is 0.0921. The van der Waals surface area contributed by atoms with Crippen LogP contribution in [0, 0.1) is 0 Å². The first kappa shape index (κ1) is 11.6. The van der Waals surface area contributed by atoms with E-state index in [0.717, 1.165) is 11.3 Å². The highest BCUT2D eigenvalue weighted by Gasteiger charge is 2.06.